The van der Waals surface area contributed by atoms with Crippen LogP contribution in [0.1, 0.15) is 5.56 Å². The number of urea groups is 1. The van der Waals surface area contributed by atoms with Gasteiger partial charge in [0.2, 0.25) is 0 Å². The summed E-state index contributed by atoms with van der Waals surface area (Å²) in [5.74, 6) is -0.393. The molecule has 0 bridgehead atoms. The van der Waals surface area contributed by atoms with Crippen molar-refractivity contribution in [2.24, 2.45) is 4.99 Å². The van der Waals surface area contributed by atoms with Gasteiger partial charge in [0, 0.05) is 10.7 Å². The number of rotatable bonds is 3. The van der Waals surface area contributed by atoms with Crippen molar-refractivity contribution in [3.05, 3.63) is 82.4 Å². The van der Waals surface area contributed by atoms with Crippen LogP contribution in [-0.2, 0) is 24.3 Å². The molecule has 0 atom stereocenters. The molecule has 3 rings (SSSR count). The van der Waals surface area contributed by atoms with Gasteiger partial charge in [-0.25, -0.2) is 14.7 Å². The molecule has 0 unspecified atom stereocenters. The van der Waals surface area contributed by atoms with Gasteiger partial charge in [0.05, 0.1) is 11.3 Å². The molecule has 118 valence electrons. The number of imide groups is 1. The number of hydrogen-bond acceptors (Lipinski definition) is 2. The maximum absolute atomic E-state index is 12.6. The van der Waals surface area contributed by atoms with Gasteiger partial charge in [-0.15, -0.1) is 0 Å². The summed E-state index contributed by atoms with van der Waals surface area (Å²) in [5.41, 5.74) is 1.86. The number of amides is 3. The van der Waals surface area contributed by atoms with E-state index < -0.39 is 11.9 Å². The summed E-state index contributed by atoms with van der Waals surface area (Å²) in [6, 6.07) is 16.1. The van der Waals surface area contributed by atoms with Crippen LogP contribution in [0.2, 0.25) is 0 Å². The summed E-state index contributed by atoms with van der Waals surface area (Å²) in [6.45, 7) is 0. The van der Waals surface area contributed by atoms with E-state index in [9.17, 15) is 9.59 Å². The van der Waals surface area contributed by atoms with Crippen LogP contribution in [-0.4, -0.2) is 18.2 Å². The van der Waals surface area contributed by atoms with Gasteiger partial charge < -0.3 is 0 Å². The second kappa shape index (κ2) is 8.79. The van der Waals surface area contributed by atoms with E-state index in [0.29, 0.717) is 11.3 Å². The van der Waals surface area contributed by atoms with Crippen molar-refractivity contribution in [2.75, 3.05) is 4.90 Å². The predicted octanol–water partition coefficient (Wildman–Crippen LogP) is 4.62. The largest absolute Gasteiger partial charge is 2.00 e. The molecule has 0 saturated carbocycles. The summed E-state index contributed by atoms with van der Waals surface area (Å²) in [4.78, 5) is 29.4. The van der Waals surface area contributed by atoms with E-state index in [1.165, 1.54) is 6.21 Å². The molecule has 0 radical (unpaired) electrons. The zero-order chi connectivity index (χ0) is 16.9. The summed E-state index contributed by atoms with van der Waals surface area (Å²) in [5, 5.41) is 0. The zero-order valence-corrected chi connectivity index (χ0v) is 17.9. The fourth-order valence-electron chi connectivity index (χ4n) is 2.21. The number of allylic oxidation sites excluding steroid dienone is 2. The first-order chi connectivity index (χ1) is 11.6. The van der Waals surface area contributed by atoms with Crippen molar-refractivity contribution in [3.63, 3.8) is 0 Å². The number of benzene rings is 2. The normalized spacial score (nSPS) is 15.7. The van der Waals surface area contributed by atoms with Crippen LogP contribution in [0, 0.1) is 0 Å². The maximum atomic E-state index is 12.6. The third kappa shape index (κ3) is 4.68. The Kier molecular flexibility index (Phi) is 6.74. The minimum Gasteiger partial charge on any atom is -0.268 e. The third-order valence-electron chi connectivity index (χ3n) is 3.40. The summed E-state index contributed by atoms with van der Waals surface area (Å²) in [6.07, 6.45) is 6.60. The Labute approximate surface area is 166 Å². The second-order valence-corrected chi connectivity index (χ2v) is 5.97. The molecule has 1 heterocycles. The molecule has 0 saturated heterocycles. The molecule has 2 aromatic carbocycles. The van der Waals surface area contributed by atoms with Crippen LogP contribution in [0.25, 0.3) is 6.08 Å². The monoisotopic (exact) mass is 444 g/mol. The van der Waals surface area contributed by atoms with Gasteiger partial charge in [-0.05, 0) is 35.9 Å². The van der Waals surface area contributed by atoms with Crippen LogP contribution in [0.15, 0.2) is 81.8 Å². The SMILES string of the molecule is O=C1N=C/C(=C\C=C\c2ccccc2)C(=O)N1c1ccc(Br)cc1.[Zn+2]. The number of halogens is 1. The minimum absolute atomic E-state index is 0. The second-order valence-electron chi connectivity index (χ2n) is 5.05. The molecule has 0 aromatic heterocycles. The van der Waals surface area contributed by atoms with Gasteiger partial charge in [0.25, 0.3) is 5.91 Å². The Morgan fingerprint density at radius 1 is 0.960 bits per heavy atom. The van der Waals surface area contributed by atoms with E-state index in [1.54, 1.807) is 36.4 Å². The number of anilines is 1. The molecule has 6 heteroatoms. The quantitative estimate of drug-likeness (QED) is 0.510. The Balaban J connectivity index is 0.00000225. The molecular formula is C19H13BrN2O2Zn+2. The molecule has 0 N–H and O–H groups in total. The fraction of sp³-hybridized carbons (Fsp3) is 0. The van der Waals surface area contributed by atoms with Gasteiger partial charge >= 0.3 is 25.5 Å². The predicted molar refractivity (Wildman–Crippen MR) is 99.1 cm³/mol. The van der Waals surface area contributed by atoms with Gasteiger partial charge in [-0.3, -0.25) is 4.79 Å². The van der Waals surface area contributed by atoms with Crippen LogP contribution in [0.5, 0.6) is 0 Å². The Morgan fingerprint density at radius 3 is 2.32 bits per heavy atom. The van der Waals surface area contributed by atoms with Gasteiger partial charge in [0.1, 0.15) is 0 Å². The van der Waals surface area contributed by atoms with Crippen molar-refractivity contribution in [1.82, 2.24) is 0 Å². The maximum Gasteiger partial charge on any atom is 2.00 e. The Morgan fingerprint density at radius 2 is 1.64 bits per heavy atom. The molecule has 3 amide bonds. The summed E-state index contributed by atoms with van der Waals surface area (Å²) in [7, 11) is 0. The van der Waals surface area contributed by atoms with E-state index in [4.69, 9.17) is 0 Å². The van der Waals surface area contributed by atoms with Gasteiger partial charge in [-0.1, -0.05) is 58.4 Å². The first-order valence-electron chi connectivity index (χ1n) is 7.26. The summed E-state index contributed by atoms with van der Waals surface area (Å²) < 4.78 is 0.869. The number of aliphatic imine (C=N–C) groups is 1. The van der Waals surface area contributed by atoms with Gasteiger partial charge in [0.15, 0.2) is 0 Å². The summed E-state index contributed by atoms with van der Waals surface area (Å²) >= 11 is 3.33. The third-order valence-corrected chi connectivity index (χ3v) is 3.93. The molecule has 0 spiro atoms. The van der Waals surface area contributed by atoms with Gasteiger partial charge in [-0.2, -0.15) is 0 Å². The van der Waals surface area contributed by atoms with E-state index in [0.717, 1.165) is 14.9 Å². The molecule has 1 aliphatic rings. The van der Waals surface area contributed by atoms with E-state index in [-0.39, 0.29) is 19.5 Å². The van der Waals surface area contributed by atoms with Crippen LogP contribution in [0.4, 0.5) is 10.5 Å². The smallest absolute Gasteiger partial charge is 0.268 e. The molecule has 0 aliphatic carbocycles. The molecule has 1 aliphatic heterocycles. The average molecular weight is 447 g/mol. The first-order valence-corrected chi connectivity index (χ1v) is 8.06. The van der Waals surface area contributed by atoms with E-state index in [1.807, 2.05) is 36.4 Å². The Bertz CT molecular complexity index is 859. The topological polar surface area (TPSA) is 49.7 Å². The van der Waals surface area contributed by atoms with E-state index in [2.05, 4.69) is 20.9 Å². The molecule has 0 fully saturated rings. The standard InChI is InChI=1S/C19H13BrN2O2.Zn/c20-16-9-11-17(12-10-16)22-18(23)15(13-21-19(22)24)8-4-7-14-5-2-1-3-6-14;/h1-13H;/q;+2/b7-4+,15-8+;. The molecule has 4 nitrogen and oxygen atoms in total. The van der Waals surface area contributed by atoms with Crippen molar-refractivity contribution in [1.29, 1.82) is 0 Å². The van der Waals surface area contributed by atoms with Crippen LogP contribution < -0.4 is 4.90 Å². The van der Waals surface area contributed by atoms with Crippen molar-refractivity contribution in [3.8, 4) is 0 Å². The van der Waals surface area contributed by atoms with Crippen molar-refractivity contribution < 1.29 is 29.1 Å². The average Bonchev–Trinajstić information content (AvgIpc) is 2.60. The number of nitrogens with zero attached hydrogens (tertiary/aromatic N) is 2. The van der Waals surface area contributed by atoms with Crippen molar-refractivity contribution >= 4 is 45.8 Å². The first kappa shape index (κ1) is 19.2. The minimum atomic E-state index is -0.591. The Hall–Kier alpha value is -2.17. The van der Waals surface area contributed by atoms with Crippen LogP contribution in [0.3, 0.4) is 0 Å². The number of carbonyl (C=O) groups excluding carboxylic acids is 2. The zero-order valence-electron chi connectivity index (χ0n) is 13.3. The molecule has 2 aromatic rings. The van der Waals surface area contributed by atoms with E-state index >= 15 is 0 Å². The van der Waals surface area contributed by atoms with Crippen molar-refractivity contribution in [2.45, 2.75) is 0 Å². The fourth-order valence-corrected chi connectivity index (χ4v) is 2.48. The number of carbonyl (C=O) groups is 2. The molecular weight excluding hydrogens is 434 g/mol. The van der Waals surface area contributed by atoms with Crippen LogP contribution >= 0.6 is 15.9 Å². The molecule has 25 heavy (non-hydrogen) atoms. The number of hydrogen-bond donors (Lipinski definition) is 0.